The Morgan fingerprint density at radius 2 is 1.74 bits per heavy atom. The van der Waals surface area contributed by atoms with E-state index in [9.17, 15) is 13.9 Å². The summed E-state index contributed by atoms with van der Waals surface area (Å²) in [5.41, 5.74) is 6.06. The Bertz CT molecular complexity index is 413. The molecule has 2 atom stereocenters. The smallest absolute Gasteiger partial charge is 0.163 e. The third kappa shape index (κ3) is 4.71. The zero-order chi connectivity index (χ0) is 13.9. The molecule has 0 fully saturated rings. The van der Waals surface area contributed by atoms with Gasteiger partial charge in [-0.15, -0.1) is 12.4 Å². The lowest BCUT2D eigenvalue weighted by molar-refractivity contribution is 0.126. The van der Waals surface area contributed by atoms with E-state index in [1.165, 1.54) is 19.1 Å². The van der Waals surface area contributed by atoms with Crippen LogP contribution in [-0.4, -0.2) is 11.2 Å². The van der Waals surface area contributed by atoms with Crippen molar-refractivity contribution in [2.24, 2.45) is 11.7 Å². The Hall–Kier alpha value is -0.710. The normalized spacial score (nSPS) is 14.1. The molecule has 3 N–H and O–H groups in total. The first-order valence-corrected chi connectivity index (χ1v) is 6.22. The highest BCUT2D eigenvalue weighted by Crippen LogP contribution is 2.24. The average molecular weight is 294 g/mol. The summed E-state index contributed by atoms with van der Waals surface area (Å²) >= 11 is 0. The van der Waals surface area contributed by atoms with Crippen molar-refractivity contribution >= 4 is 12.4 Å². The van der Waals surface area contributed by atoms with Crippen molar-refractivity contribution in [1.29, 1.82) is 0 Å². The van der Waals surface area contributed by atoms with Gasteiger partial charge in [0, 0.05) is 5.56 Å². The van der Waals surface area contributed by atoms with Gasteiger partial charge in [-0.25, -0.2) is 8.78 Å². The predicted octanol–water partition coefficient (Wildman–Crippen LogP) is 3.49. The SMILES string of the molecule is Cc1ccc([C@H](N)[C@H](O)CCC(C)C)c(F)c1F.Cl. The van der Waals surface area contributed by atoms with E-state index in [-0.39, 0.29) is 23.5 Å². The van der Waals surface area contributed by atoms with Gasteiger partial charge in [-0.05, 0) is 31.2 Å². The first kappa shape index (κ1) is 18.3. The van der Waals surface area contributed by atoms with E-state index in [4.69, 9.17) is 5.73 Å². The van der Waals surface area contributed by atoms with Crippen LogP contribution in [0.2, 0.25) is 0 Å². The number of hydrogen-bond acceptors (Lipinski definition) is 2. The van der Waals surface area contributed by atoms with Gasteiger partial charge in [0.2, 0.25) is 0 Å². The number of aliphatic hydroxyl groups is 1. The van der Waals surface area contributed by atoms with E-state index in [1.54, 1.807) is 0 Å². The predicted molar refractivity (Wildman–Crippen MR) is 75.4 cm³/mol. The minimum atomic E-state index is -0.953. The first-order chi connectivity index (χ1) is 8.34. The third-order valence-corrected chi connectivity index (χ3v) is 3.12. The number of halogens is 3. The average Bonchev–Trinajstić information content (AvgIpc) is 2.32. The molecule has 0 saturated heterocycles. The van der Waals surface area contributed by atoms with Gasteiger partial charge >= 0.3 is 0 Å². The summed E-state index contributed by atoms with van der Waals surface area (Å²) in [6.07, 6.45) is 0.419. The highest BCUT2D eigenvalue weighted by atomic mass is 35.5. The van der Waals surface area contributed by atoms with Crippen molar-refractivity contribution in [3.05, 3.63) is 34.9 Å². The molecule has 19 heavy (non-hydrogen) atoms. The zero-order valence-corrected chi connectivity index (χ0v) is 12.3. The topological polar surface area (TPSA) is 46.2 Å². The fraction of sp³-hybridized carbons (Fsp3) is 0.571. The Morgan fingerprint density at radius 3 is 2.26 bits per heavy atom. The molecule has 1 rings (SSSR count). The fourth-order valence-electron chi connectivity index (χ4n) is 1.81. The zero-order valence-electron chi connectivity index (χ0n) is 11.5. The van der Waals surface area contributed by atoms with Crippen LogP contribution in [0.1, 0.15) is 43.9 Å². The van der Waals surface area contributed by atoms with Crippen molar-refractivity contribution in [3.8, 4) is 0 Å². The molecule has 0 bridgehead atoms. The number of benzene rings is 1. The quantitative estimate of drug-likeness (QED) is 0.873. The summed E-state index contributed by atoms with van der Waals surface area (Å²) in [6.45, 7) is 5.55. The lowest BCUT2D eigenvalue weighted by atomic mass is 9.95. The molecule has 1 aromatic carbocycles. The fourth-order valence-corrected chi connectivity index (χ4v) is 1.81. The van der Waals surface area contributed by atoms with Crippen molar-refractivity contribution in [3.63, 3.8) is 0 Å². The van der Waals surface area contributed by atoms with Gasteiger partial charge in [0.05, 0.1) is 12.1 Å². The minimum absolute atomic E-state index is 0. The van der Waals surface area contributed by atoms with Gasteiger partial charge in [0.25, 0.3) is 0 Å². The largest absolute Gasteiger partial charge is 0.391 e. The van der Waals surface area contributed by atoms with Crippen molar-refractivity contribution in [1.82, 2.24) is 0 Å². The molecule has 5 heteroatoms. The molecule has 0 radical (unpaired) electrons. The molecule has 0 heterocycles. The van der Waals surface area contributed by atoms with E-state index in [2.05, 4.69) is 0 Å². The Morgan fingerprint density at radius 1 is 1.16 bits per heavy atom. The summed E-state index contributed by atoms with van der Waals surface area (Å²) in [4.78, 5) is 0. The summed E-state index contributed by atoms with van der Waals surface area (Å²) in [6, 6.07) is 2.03. The molecule has 1 aromatic rings. The number of aliphatic hydroxyl groups excluding tert-OH is 1. The van der Waals surface area contributed by atoms with Gasteiger partial charge in [-0.1, -0.05) is 26.0 Å². The third-order valence-electron chi connectivity index (χ3n) is 3.12. The second-order valence-electron chi connectivity index (χ2n) is 5.16. The van der Waals surface area contributed by atoms with Crippen molar-refractivity contribution in [2.45, 2.75) is 45.8 Å². The van der Waals surface area contributed by atoms with Crippen LogP contribution in [0.25, 0.3) is 0 Å². The van der Waals surface area contributed by atoms with Gasteiger partial charge in [0.15, 0.2) is 11.6 Å². The van der Waals surface area contributed by atoms with Crippen LogP contribution >= 0.6 is 12.4 Å². The van der Waals surface area contributed by atoms with Crippen LogP contribution in [-0.2, 0) is 0 Å². The van der Waals surface area contributed by atoms with Gasteiger partial charge in [0.1, 0.15) is 0 Å². The summed E-state index contributed by atoms with van der Waals surface area (Å²) < 4.78 is 27.1. The van der Waals surface area contributed by atoms with Crippen LogP contribution in [0.5, 0.6) is 0 Å². The van der Waals surface area contributed by atoms with Gasteiger partial charge in [-0.2, -0.15) is 0 Å². The van der Waals surface area contributed by atoms with E-state index >= 15 is 0 Å². The molecular weight excluding hydrogens is 272 g/mol. The van der Waals surface area contributed by atoms with E-state index in [1.807, 2.05) is 13.8 Å². The molecule has 0 aliphatic heterocycles. The van der Waals surface area contributed by atoms with Crippen LogP contribution in [0.15, 0.2) is 12.1 Å². The summed E-state index contributed by atoms with van der Waals surface area (Å²) in [5, 5.41) is 9.89. The minimum Gasteiger partial charge on any atom is -0.391 e. The molecular formula is C14H22ClF2NO. The summed E-state index contributed by atoms with van der Waals surface area (Å²) in [7, 11) is 0. The molecule has 0 saturated carbocycles. The maximum Gasteiger partial charge on any atom is 0.163 e. The number of hydrogen-bond donors (Lipinski definition) is 2. The maximum absolute atomic E-state index is 13.7. The maximum atomic E-state index is 13.7. The van der Waals surface area contributed by atoms with Gasteiger partial charge < -0.3 is 10.8 Å². The van der Waals surface area contributed by atoms with Gasteiger partial charge in [-0.3, -0.25) is 0 Å². The highest BCUT2D eigenvalue weighted by Gasteiger charge is 2.22. The second kappa shape index (κ2) is 7.78. The second-order valence-corrected chi connectivity index (χ2v) is 5.16. The monoisotopic (exact) mass is 293 g/mol. The molecule has 110 valence electrons. The molecule has 0 aliphatic rings. The Balaban J connectivity index is 0.00000324. The molecule has 0 aliphatic carbocycles. The van der Waals surface area contributed by atoms with E-state index in [0.29, 0.717) is 12.3 Å². The van der Waals surface area contributed by atoms with E-state index in [0.717, 1.165) is 6.42 Å². The van der Waals surface area contributed by atoms with Crippen molar-refractivity contribution in [2.75, 3.05) is 0 Å². The van der Waals surface area contributed by atoms with Crippen molar-refractivity contribution < 1.29 is 13.9 Å². The van der Waals surface area contributed by atoms with Crippen LogP contribution < -0.4 is 5.73 Å². The lowest BCUT2D eigenvalue weighted by Gasteiger charge is -2.21. The van der Waals surface area contributed by atoms with Crippen LogP contribution in [0.3, 0.4) is 0 Å². The standard InChI is InChI=1S/C14H21F2NO.ClH/c1-8(2)4-7-11(18)14(17)10-6-5-9(3)12(15)13(10)16;/h5-6,8,11,14,18H,4,7,17H2,1-3H3;1H/t11-,14+;/m1./s1. The first-order valence-electron chi connectivity index (χ1n) is 6.22. The molecule has 0 amide bonds. The van der Waals surface area contributed by atoms with Crippen LogP contribution in [0.4, 0.5) is 8.78 Å². The number of rotatable bonds is 5. The molecule has 2 nitrogen and oxygen atoms in total. The summed E-state index contributed by atoms with van der Waals surface area (Å²) in [5.74, 6) is -1.41. The molecule has 0 spiro atoms. The molecule has 0 aromatic heterocycles. The lowest BCUT2D eigenvalue weighted by Crippen LogP contribution is -2.27. The number of aryl methyl sites for hydroxylation is 1. The Labute approximate surface area is 119 Å². The molecule has 0 unspecified atom stereocenters. The van der Waals surface area contributed by atoms with Crippen LogP contribution in [0, 0.1) is 24.5 Å². The Kier molecular flexibility index (Phi) is 7.49. The van der Waals surface area contributed by atoms with E-state index < -0.39 is 23.8 Å². The highest BCUT2D eigenvalue weighted by molar-refractivity contribution is 5.85. The number of nitrogens with two attached hydrogens (primary N) is 1.